The van der Waals surface area contributed by atoms with Crippen molar-refractivity contribution in [1.82, 2.24) is 29.8 Å². The summed E-state index contributed by atoms with van der Waals surface area (Å²) in [7, 11) is 0. The van der Waals surface area contributed by atoms with Crippen molar-refractivity contribution < 1.29 is 0 Å². The summed E-state index contributed by atoms with van der Waals surface area (Å²) >= 11 is 3.42. The van der Waals surface area contributed by atoms with Gasteiger partial charge < -0.3 is 0 Å². The van der Waals surface area contributed by atoms with Gasteiger partial charge in [0.2, 0.25) is 0 Å². The van der Waals surface area contributed by atoms with Crippen molar-refractivity contribution in [3.05, 3.63) is 64.7 Å². The van der Waals surface area contributed by atoms with Crippen LogP contribution in [0.3, 0.4) is 0 Å². The first-order valence-electron chi connectivity index (χ1n) is 7.72. The molecule has 24 heavy (non-hydrogen) atoms. The molecule has 6 nitrogen and oxygen atoms in total. The number of aromatic nitrogens is 5. The number of rotatable bonds is 3. The van der Waals surface area contributed by atoms with Crippen molar-refractivity contribution in [2.45, 2.75) is 19.5 Å². The molecule has 1 aliphatic heterocycles. The third-order valence-electron chi connectivity index (χ3n) is 3.99. The zero-order valence-corrected chi connectivity index (χ0v) is 14.5. The Morgan fingerprint density at radius 2 is 1.96 bits per heavy atom. The minimum Gasteiger partial charge on any atom is -0.293 e. The highest BCUT2D eigenvalue weighted by Crippen LogP contribution is 2.21. The smallest absolute Gasteiger partial charge is 0.162 e. The van der Waals surface area contributed by atoms with Crippen molar-refractivity contribution in [3.63, 3.8) is 0 Å². The van der Waals surface area contributed by atoms with Gasteiger partial charge in [-0.1, -0.05) is 6.07 Å². The molecule has 0 aromatic carbocycles. The maximum absolute atomic E-state index is 4.70. The second kappa shape index (κ2) is 6.70. The van der Waals surface area contributed by atoms with Crippen LogP contribution in [0.5, 0.6) is 0 Å². The van der Waals surface area contributed by atoms with E-state index in [1.165, 1.54) is 11.9 Å². The van der Waals surface area contributed by atoms with E-state index < -0.39 is 0 Å². The zero-order valence-electron chi connectivity index (χ0n) is 12.9. The molecule has 0 unspecified atom stereocenters. The van der Waals surface area contributed by atoms with E-state index >= 15 is 0 Å². The molecule has 7 heteroatoms. The minimum atomic E-state index is 0.691. The van der Waals surface area contributed by atoms with E-state index in [-0.39, 0.29) is 0 Å². The van der Waals surface area contributed by atoms with Crippen molar-refractivity contribution in [2.75, 3.05) is 6.54 Å². The van der Waals surface area contributed by atoms with Gasteiger partial charge in [-0.2, -0.15) is 0 Å². The van der Waals surface area contributed by atoms with Crippen LogP contribution in [-0.2, 0) is 19.5 Å². The Hall–Kier alpha value is -2.25. The molecule has 0 amide bonds. The SMILES string of the molecule is Brc1cccc(CN2CCc3nc(-c4cncnc4)ncc3C2)n1. The largest absolute Gasteiger partial charge is 0.293 e. The molecule has 3 aromatic heterocycles. The molecule has 4 heterocycles. The summed E-state index contributed by atoms with van der Waals surface area (Å²) in [5.74, 6) is 0.691. The summed E-state index contributed by atoms with van der Waals surface area (Å²) in [4.78, 5) is 24.1. The molecule has 1 aliphatic rings. The first-order chi connectivity index (χ1) is 11.8. The van der Waals surface area contributed by atoms with Crippen LogP contribution in [-0.4, -0.2) is 36.4 Å². The first-order valence-corrected chi connectivity index (χ1v) is 8.51. The van der Waals surface area contributed by atoms with Gasteiger partial charge in [0.1, 0.15) is 10.9 Å². The molecule has 0 spiro atoms. The number of fused-ring (bicyclic) bond motifs is 1. The molecule has 0 saturated heterocycles. The lowest BCUT2D eigenvalue weighted by Gasteiger charge is -2.27. The quantitative estimate of drug-likeness (QED) is 0.648. The van der Waals surface area contributed by atoms with E-state index in [1.54, 1.807) is 12.4 Å². The molecule has 0 bridgehead atoms. The van der Waals surface area contributed by atoms with Gasteiger partial charge in [-0.3, -0.25) is 4.90 Å². The number of hydrogen-bond acceptors (Lipinski definition) is 6. The standard InChI is InChI=1S/C17H15BrN6/c18-16-3-1-2-14(22-16)10-24-5-4-15-13(9-24)8-21-17(23-15)12-6-19-11-20-7-12/h1-3,6-8,11H,4-5,9-10H2. The molecule has 3 aromatic rings. The van der Waals surface area contributed by atoms with E-state index in [1.807, 2.05) is 18.3 Å². The monoisotopic (exact) mass is 382 g/mol. The van der Waals surface area contributed by atoms with Gasteiger partial charge in [-0.15, -0.1) is 0 Å². The maximum Gasteiger partial charge on any atom is 0.162 e. The Kier molecular flexibility index (Phi) is 4.27. The van der Waals surface area contributed by atoms with Gasteiger partial charge in [0.05, 0.1) is 17.0 Å². The highest BCUT2D eigenvalue weighted by Gasteiger charge is 2.19. The molecule has 4 rings (SSSR count). The normalized spacial score (nSPS) is 14.4. The van der Waals surface area contributed by atoms with Crippen LogP contribution in [0.2, 0.25) is 0 Å². The van der Waals surface area contributed by atoms with E-state index in [0.717, 1.165) is 47.6 Å². The zero-order chi connectivity index (χ0) is 16.4. The molecular weight excluding hydrogens is 368 g/mol. The van der Waals surface area contributed by atoms with Crippen LogP contribution < -0.4 is 0 Å². The third kappa shape index (κ3) is 3.32. The predicted molar refractivity (Wildman–Crippen MR) is 92.8 cm³/mol. The average molecular weight is 383 g/mol. The number of halogens is 1. The summed E-state index contributed by atoms with van der Waals surface area (Å²) in [6, 6.07) is 6.01. The molecule has 0 N–H and O–H groups in total. The van der Waals surface area contributed by atoms with Crippen LogP contribution in [0.4, 0.5) is 0 Å². The van der Waals surface area contributed by atoms with Crippen molar-refractivity contribution in [3.8, 4) is 11.4 Å². The Bertz CT molecular complexity index is 855. The lowest BCUT2D eigenvalue weighted by atomic mass is 10.1. The lowest BCUT2D eigenvalue weighted by molar-refractivity contribution is 0.240. The fourth-order valence-corrected chi connectivity index (χ4v) is 3.21. The van der Waals surface area contributed by atoms with Crippen molar-refractivity contribution in [1.29, 1.82) is 0 Å². The second-order valence-corrected chi connectivity index (χ2v) is 6.52. The fraction of sp³-hybridized carbons (Fsp3) is 0.235. The molecule has 0 saturated carbocycles. The number of pyridine rings is 1. The highest BCUT2D eigenvalue weighted by molar-refractivity contribution is 9.10. The third-order valence-corrected chi connectivity index (χ3v) is 4.43. The molecule has 0 radical (unpaired) electrons. The van der Waals surface area contributed by atoms with Gasteiger partial charge in [0.15, 0.2) is 5.82 Å². The van der Waals surface area contributed by atoms with E-state index in [9.17, 15) is 0 Å². The van der Waals surface area contributed by atoms with Crippen LogP contribution >= 0.6 is 15.9 Å². The summed E-state index contributed by atoms with van der Waals surface area (Å²) in [5, 5.41) is 0. The van der Waals surface area contributed by atoms with E-state index in [0.29, 0.717) is 5.82 Å². The number of nitrogens with zero attached hydrogens (tertiary/aromatic N) is 6. The molecule has 0 fully saturated rings. The molecule has 0 atom stereocenters. The topological polar surface area (TPSA) is 67.7 Å². The van der Waals surface area contributed by atoms with E-state index in [2.05, 4.69) is 46.8 Å². The highest BCUT2D eigenvalue weighted by atomic mass is 79.9. The summed E-state index contributed by atoms with van der Waals surface area (Å²) in [5.41, 5.74) is 4.20. The van der Waals surface area contributed by atoms with Gasteiger partial charge in [-0.25, -0.2) is 24.9 Å². The Labute approximate surface area is 148 Å². The van der Waals surface area contributed by atoms with Crippen LogP contribution in [0.25, 0.3) is 11.4 Å². The minimum absolute atomic E-state index is 0.691. The number of hydrogen-bond donors (Lipinski definition) is 0. The summed E-state index contributed by atoms with van der Waals surface area (Å²) in [6.07, 6.45) is 7.82. The van der Waals surface area contributed by atoms with Crippen molar-refractivity contribution >= 4 is 15.9 Å². The van der Waals surface area contributed by atoms with Crippen LogP contribution in [0.1, 0.15) is 17.0 Å². The summed E-state index contributed by atoms with van der Waals surface area (Å²) < 4.78 is 0.871. The molecular formula is C17H15BrN6. The van der Waals surface area contributed by atoms with Gasteiger partial charge in [0, 0.05) is 50.2 Å². The van der Waals surface area contributed by atoms with Gasteiger partial charge in [0.25, 0.3) is 0 Å². The van der Waals surface area contributed by atoms with Crippen LogP contribution in [0, 0.1) is 0 Å². The Balaban J connectivity index is 1.52. The lowest BCUT2D eigenvalue weighted by Crippen LogP contribution is -2.31. The van der Waals surface area contributed by atoms with Crippen LogP contribution in [0.15, 0.2) is 47.7 Å². The van der Waals surface area contributed by atoms with Gasteiger partial charge in [-0.05, 0) is 28.1 Å². The Morgan fingerprint density at radius 1 is 1.08 bits per heavy atom. The second-order valence-electron chi connectivity index (χ2n) is 5.70. The Morgan fingerprint density at radius 3 is 2.79 bits per heavy atom. The first kappa shape index (κ1) is 15.3. The maximum atomic E-state index is 4.70. The predicted octanol–water partition coefficient (Wildman–Crippen LogP) is 2.65. The van der Waals surface area contributed by atoms with Gasteiger partial charge >= 0.3 is 0 Å². The average Bonchev–Trinajstić information content (AvgIpc) is 2.62. The van der Waals surface area contributed by atoms with Crippen molar-refractivity contribution in [2.24, 2.45) is 0 Å². The molecule has 0 aliphatic carbocycles. The van der Waals surface area contributed by atoms with E-state index in [4.69, 9.17) is 4.98 Å². The molecule has 120 valence electrons. The summed E-state index contributed by atoms with van der Waals surface area (Å²) in [6.45, 7) is 2.63. The fourth-order valence-electron chi connectivity index (χ4n) is 2.83.